The number of allylic oxidation sites excluding steroid dienone is 2. The quantitative estimate of drug-likeness (QED) is 0.345. The van der Waals surface area contributed by atoms with Gasteiger partial charge in [-0.05, 0) is 67.6 Å². The van der Waals surface area contributed by atoms with Gasteiger partial charge in [0.2, 0.25) is 4.80 Å². The minimum absolute atomic E-state index is 0.418. The molecule has 0 aliphatic heterocycles. The molecule has 0 saturated carbocycles. The molecule has 0 spiro atoms. The van der Waals surface area contributed by atoms with E-state index in [2.05, 4.69) is 17.5 Å². The molecule has 166 valence electrons. The van der Waals surface area contributed by atoms with Crippen molar-refractivity contribution >= 4 is 23.2 Å². The predicted octanol–water partition coefficient (Wildman–Crippen LogP) is 5.67. The van der Waals surface area contributed by atoms with Crippen molar-refractivity contribution in [2.75, 3.05) is 21.3 Å². The molecule has 7 heteroatoms. The first-order valence-corrected chi connectivity index (χ1v) is 11.4. The van der Waals surface area contributed by atoms with E-state index in [9.17, 15) is 0 Å². The number of ether oxygens (including phenoxy) is 3. The van der Waals surface area contributed by atoms with Gasteiger partial charge in [-0.2, -0.15) is 5.10 Å². The second-order valence-corrected chi connectivity index (χ2v) is 8.24. The van der Waals surface area contributed by atoms with Gasteiger partial charge >= 0.3 is 0 Å². The fraction of sp³-hybridized carbons (Fsp3) is 0.280. The Hall–Kier alpha value is -3.32. The molecule has 3 aromatic rings. The van der Waals surface area contributed by atoms with Gasteiger partial charge in [0.15, 0.2) is 0 Å². The van der Waals surface area contributed by atoms with Gasteiger partial charge in [-0.1, -0.05) is 12.2 Å². The first-order valence-electron chi connectivity index (χ1n) is 10.5. The standard InChI is InChI=1S/C25H27N3O3S/c1-29-20-11-9-19(10-12-20)27-25-28(26-16-18-7-5-4-6-8-18)23(17-32-25)22-15-21(30-2)13-14-24(22)31-3/h4-5,9-18H,6-8H2,1-3H3. The van der Waals surface area contributed by atoms with Gasteiger partial charge in [0, 0.05) is 17.2 Å². The van der Waals surface area contributed by atoms with Gasteiger partial charge in [-0.25, -0.2) is 9.67 Å². The summed E-state index contributed by atoms with van der Waals surface area (Å²) in [6.45, 7) is 0. The van der Waals surface area contributed by atoms with Crippen molar-refractivity contribution in [3.8, 4) is 28.5 Å². The zero-order chi connectivity index (χ0) is 22.3. The Morgan fingerprint density at radius 3 is 2.44 bits per heavy atom. The molecule has 0 fully saturated rings. The Morgan fingerprint density at radius 2 is 1.75 bits per heavy atom. The van der Waals surface area contributed by atoms with E-state index < -0.39 is 0 Å². The Labute approximate surface area is 192 Å². The van der Waals surface area contributed by atoms with Crippen LogP contribution in [0.25, 0.3) is 11.3 Å². The Bertz CT molecular complexity index is 1180. The van der Waals surface area contributed by atoms with Crippen molar-refractivity contribution in [3.63, 3.8) is 0 Å². The monoisotopic (exact) mass is 449 g/mol. The van der Waals surface area contributed by atoms with Crippen LogP contribution in [-0.2, 0) is 0 Å². The third kappa shape index (κ3) is 4.94. The van der Waals surface area contributed by atoms with E-state index in [0.717, 1.165) is 58.3 Å². The summed E-state index contributed by atoms with van der Waals surface area (Å²) in [5.74, 6) is 2.73. The van der Waals surface area contributed by atoms with E-state index in [1.165, 1.54) is 11.3 Å². The molecule has 2 aromatic carbocycles. The molecule has 1 aromatic heterocycles. The molecule has 32 heavy (non-hydrogen) atoms. The Morgan fingerprint density at radius 1 is 0.969 bits per heavy atom. The number of hydrogen-bond donors (Lipinski definition) is 0. The molecule has 0 N–H and O–H groups in total. The predicted molar refractivity (Wildman–Crippen MR) is 129 cm³/mol. The van der Waals surface area contributed by atoms with E-state index >= 15 is 0 Å². The first kappa shape index (κ1) is 21.9. The van der Waals surface area contributed by atoms with Crippen LogP contribution in [0.5, 0.6) is 17.2 Å². The summed E-state index contributed by atoms with van der Waals surface area (Å²) in [5, 5.41) is 6.93. The first-order chi connectivity index (χ1) is 15.7. The highest BCUT2D eigenvalue weighted by atomic mass is 32.1. The lowest BCUT2D eigenvalue weighted by Crippen LogP contribution is -2.14. The second kappa shape index (κ2) is 10.3. The van der Waals surface area contributed by atoms with Gasteiger partial charge in [-0.15, -0.1) is 11.3 Å². The third-order valence-corrected chi connectivity index (χ3v) is 6.18. The molecule has 6 nitrogen and oxygen atoms in total. The molecule has 4 rings (SSSR count). The van der Waals surface area contributed by atoms with Gasteiger partial charge in [0.25, 0.3) is 0 Å². The second-order valence-electron chi connectivity index (χ2n) is 7.40. The van der Waals surface area contributed by atoms with Crippen LogP contribution in [0.3, 0.4) is 0 Å². The Balaban J connectivity index is 1.82. The lowest BCUT2D eigenvalue weighted by atomic mass is 9.96. The van der Waals surface area contributed by atoms with Crippen LogP contribution in [0.15, 0.2) is 70.1 Å². The number of methoxy groups -OCH3 is 3. The largest absolute Gasteiger partial charge is 0.497 e. The molecule has 0 saturated heterocycles. The van der Waals surface area contributed by atoms with Gasteiger partial charge < -0.3 is 14.2 Å². The van der Waals surface area contributed by atoms with E-state index in [1.54, 1.807) is 21.3 Å². The SMILES string of the molecule is COc1ccc(N=c2scc(-c3cc(OC)ccc3OC)n2N=CC2CC=CCC2)cc1. The molecule has 1 aliphatic carbocycles. The van der Waals surface area contributed by atoms with Crippen LogP contribution in [-0.4, -0.2) is 32.2 Å². The fourth-order valence-corrected chi connectivity index (χ4v) is 4.42. The van der Waals surface area contributed by atoms with Crippen molar-refractivity contribution in [3.05, 3.63) is 64.8 Å². The van der Waals surface area contributed by atoms with Crippen molar-refractivity contribution < 1.29 is 14.2 Å². The highest BCUT2D eigenvalue weighted by Gasteiger charge is 2.15. The summed E-state index contributed by atoms with van der Waals surface area (Å²) in [5.41, 5.74) is 2.64. The maximum absolute atomic E-state index is 5.63. The van der Waals surface area contributed by atoms with Crippen molar-refractivity contribution in [1.29, 1.82) is 0 Å². The molecule has 1 heterocycles. The van der Waals surface area contributed by atoms with Crippen molar-refractivity contribution in [2.24, 2.45) is 16.0 Å². The van der Waals surface area contributed by atoms with Crippen molar-refractivity contribution in [2.45, 2.75) is 19.3 Å². The fourth-order valence-electron chi connectivity index (χ4n) is 3.57. The third-order valence-electron chi connectivity index (χ3n) is 5.37. The van der Waals surface area contributed by atoms with Crippen LogP contribution >= 0.6 is 11.3 Å². The van der Waals surface area contributed by atoms with Crippen molar-refractivity contribution in [1.82, 2.24) is 4.68 Å². The van der Waals surface area contributed by atoms with Crippen LogP contribution in [0.2, 0.25) is 0 Å². The number of benzene rings is 2. The molecule has 0 bridgehead atoms. The van der Waals surface area contributed by atoms with Crippen LogP contribution in [0.1, 0.15) is 19.3 Å². The summed E-state index contributed by atoms with van der Waals surface area (Å²) in [6.07, 6.45) is 9.71. The summed E-state index contributed by atoms with van der Waals surface area (Å²) in [4.78, 5) is 5.63. The molecule has 1 aliphatic rings. The van der Waals surface area contributed by atoms with Crippen LogP contribution in [0.4, 0.5) is 5.69 Å². The average molecular weight is 450 g/mol. The van der Waals surface area contributed by atoms with E-state index in [0.29, 0.717) is 5.92 Å². The summed E-state index contributed by atoms with van der Waals surface area (Å²) in [6, 6.07) is 13.4. The zero-order valence-electron chi connectivity index (χ0n) is 18.5. The molecule has 1 unspecified atom stereocenters. The van der Waals surface area contributed by atoms with Crippen LogP contribution < -0.4 is 19.0 Å². The molecular formula is C25H27N3O3S. The zero-order valence-corrected chi connectivity index (χ0v) is 19.3. The molecule has 0 amide bonds. The highest BCUT2D eigenvalue weighted by molar-refractivity contribution is 7.07. The van der Waals surface area contributed by atoms with Gasteiger partial charge in [0.05, 0.1) is 32.7 Å². The lowest BCUT2D eigenvalue weighted by Gasteiger charge is -2.13. The molecule has 1 atom stereocenters. The lowest BCUT2D eigenvalue weighted by molar-refractivity contribution is 0.404. The topological polar surface area (TPSA) is 57.3 Å². The summed E-state index contributed by atoms with van der Waals surface area (Å²) >= 11 is 1.54. The minimum Gasteiger partial charge on any atom is -0.497 e. The normalized spacial score (nSPS) is 16.5. The molecular weight excluding hydrogens is 422 g/mol. The number of thiazole rings is 1. The number of aromatic nitrogens is 1. The average Bonchev–Trinajstić information content (AvgIpc) is 3.25. The number of hydrogen-bond acceptors (Lipinski definition) is 6. The van der Waals surface area contributed by atoms with E-state index in [1.807, 2.05) is 53.4 Å². The van der Waals surface area contributed by atoms with Crippen LogP contribution in [0, 0.1) is 5.92 Å². The van der Waals surface area contributed by atoms with Gasteiger partial charge in [-0.3, -0.25) is 0 Å². The Kier molecular flexibility index (Phi) is 7.07. The van der Waals surface area contributed by atoms with Gasteiger partial charge in [0.1, 0.15) is 17.2 Å². The maximum atomic E-state index is 5.63. The highest BCUT2D eigenvalue weighted by Crippen LogP contribution is 2.34. The number of nitrogens with zero attached hydrogens (tertiary/aromatic N) is 3. The maximum Gasteiger partial charge on any atom is 0.211 e. The summed E-state index contributed by atoms with van der Waals surface area (Å²) in [7, 11) is 4.98. The molecule has 0 radical (unpaired) electrons. The van der Waals surface area contributed by atoms with E-state index in [4.69, 9.17) is 24.3 Å². The number of rotatable bonds is 7. The van der Waals surface area contributed by atoms with E-state index in [-0.39, 0.29) is 0 Å². The minimum atomic E-state index is 0.418. The smallest absolute Gasteiger partial charge is 0.211 e. The summed E-state index contributed by atoms with van der Waals surface area (Å²) < 4.78 is 18.2.